The fraction of sp³-hybridized carbons (Fsp3) is 0.333. The predicted octanol–water partition coefficient (Wildman–Crippen LogP) is 2.24. The predicted molar refractivity (Wildman–Crippen MR) is 102 cm³/mol. The number of rotatable bonds is 8. The zero-order valence-corrected chi connectivity index (χ0v) is 15.4. The molecule has 2 aromatic rings. The van der Waals surface area contributed by atoms with Gasteiger partial charge in [-0.3, -0.25) is 4.79 Å². The number of hydrogen-bond donors (Lipinski definition) is 3. The second-order valence-corrected chi connectivity index (χ2v) is 6.02. The molecule has 7 heteroatoms. The third-order valence-corrected chi connectivity index (χ3v) is 4.13. The van der Waals surface area contributed by atoms with E-state index in [0.29, 0.717) is 25.2 Å². The molecular weight excluding hydrogens is 336 g/mol. The van der Waals surface area contributed by atoms with Gasteiger partial charge in [-0.25, -0.2) is 4.99 Å². The van der Waals surface area contributed by atoms with E-state index in [-0.39, 0.29) is 5.91 Å². The molecule has 0 saturated carbocycles. The second kappa shape index (κ2) is 10.4. The molecule has 0 aliphatic carbocycles. The number of guanidine groups is 1. The summed E-state index contributed by atoms with van der Waals surface area (Å²) in [6, 6.07) is 9.09. The van der Waals surface area contributed by atoms with Crippen molar-refractivity contribution < 1.29 is 9.53 Å². The average molecular weight is 360 g/mol. The maximum atomic E-state index is 12.1. The summed E-state index contributed by atoms with van der Waals surface area (Å²) < 4.78 is 5.09. The fourth-order valence-corrected chi connectivity index (χ4v) is 2.76. The van der Waals surface area contributed by atoms with Crippen LogP contribution in [0.15, 0.2) is 46.1 Å². The molecule has 0 fully saturated rings. The minimum atomic E-state index is -0.107. The molecule has 0 saturated heterocycles. The Kier molecular flexibility index (Phi) is 7.78. The highest BCUT2D eigenvalue weighted by Gasteiger charge is 2.05. The van der Waals surface area contributed by atoms with Crippen LogP contribution in [-0.4, -0.2) is 38.6 Å². The van der Waals surface area contributed by atoms with E-state index >= 15 is 0 Å². The fourth-order valence-electron chi connectivity index (χ4n) is 2.10. The van der Waals surface area contributed by atoms with E-state index in [4.69, 9.17) is 4.74 Å². The van der Waals surface area contributed by atoms with Crippen LogP contribution in [0.25, 0.3) is 0 Å². The number of carbonyl (C=O) groups excluding carboxylic acids is 1. The maximum Gasteiger partial charge on any atom is 0.251 e. The van der Waals surface area contributed by atoms with E-state index in [1.807, 2.05) is 12.3 Å². The summed E-state index contributed by atoms with van der Waals surface area (Å²) in [5, 5.41) is 13.4. The number of nitrogens with zero attached hydrogens (tertiary/aromatic N) is 1. The molecular formula is C18H24N4O2S. The van der Waals surface area contributed by atoms with Gasteiger partial charge in [0.25, 0.3) is 5.91 Å². The molecule has 0 radical (unpaired) electrons. The van der Waals surface area contributed by atoms with Gasteiger partial charge in [0, 0.05) is 25.2 Å². The molecule has 1 aromatic heterocycles. The van der Waals surface area contributed by atoms with Crippen LogP contribution in [0.1, 0.15) is 22.8 Å². The van der Waals surface area contributed by atoms with Gasteiger partial charge < -0.3 is 20.7 Å². The highest BCUT2D eigenvalue weighted by molar-refractivity contribution is 7.07. The molecule has 1 amide bonds. The van der Waals surface area contributed by atoms with Crippen molar-refractivity contribution in [3.8, 4) is 5.75 Å². The third kappa shape index (κ3) is 6.46. The SMILES string of the molecule is CCNC(=NCc1ccsc1)NCCNC(=O)c1ccc(OC)cc1. The highest BCUT2D eigenvalue weighted by Crippen LogP contribution is 2.10. The van der Waals surface area contributed by atoms with Crippen molar-refractivity contribution in [2.24, 2.45) is 4.99 Å². The first-order valence-electron chi connectivity index (χ1n) is 8.18. The van der Waals surface area contributed by atoms with Crippen LogP contribution in [0.3, 0.4) is 0 Å². The van der Waals surface area contributed by atoms with E-state index in [1.54, 1.807) is 42.7 Å². The Hall–Kier alpha value is -2.54. The van der Waals surface area contributed by atoms with Crippen LogP contribution in [0.2, 0.25) is 0 Å². The van der Waals surface area contributed by atoms with Crippen LogP contribution < -0.4 is 20.7 Å². The Labute approximate surface area is 152 Å². The smallest absolute Gasteiger partial charge is 0.251 e. The zero-order valence-electron chi connectivity index (χ0n) is 14.5. The number of carbonyl (C=O) groups is 1. The largest absolute Gasteiger partial charge is 0.497 e. The summed E-state index contributed by atoms with van der Waals surface area (Å²) in [4.78, 5) is 16.6. The topological polar surface area (TPSA) is 74.8 Å². The number of hydrogen-bond acceptors (Lipinski definition) is 4. The van der Waals surface area contributed by atoms with Crippen molar-refractivity contribution in [1.29, 1.82) is 0 Å². The van der Waals surface area contributed by atoms with E-state index in [0.717, 1.165) is 18.3 Å². The van der Waals surface area contributed by atoms with Gasteiger partial charge in [0.1, 0.15) is 5.75 Å². The number of nitrogens with one attached hydrogen (secondary N) is 3. The Morgan fingerprint density at radius 2 is 1.88 bits per heavy atom. The van der Waals surface area contributed by atoms with Crippen molar-refractivity contribution in [2.45, 2.75) is 13.5 Å². The highest BCUT2D eigenvalue weighted by atomic mass is 32.1. The summed E-state index contributed by atoms with van der Waals surface area (Å²) in [6.45, 7) is 4.54. The monoisotopic (exact) mass is 360 g/mol. The molecule has 3 N–H and O–H groups in total. The van der Waals surface area contributed by atoms with Crippen LogP contribution in [-0.2, 0) is 6.54 Å². The number of amides is 1. The van der Waals surface area contributed by atoms with Crippen molar-refractivity contribution in [2.75, 3.05) is 26.7 Å². The van der Waals surface area contributed by atoms with Gasteiger partial charge in [0.15, 0.2) is 5.96 Å². The molecule has 0 aliphatic heterocycles. The Balaban J connectivity index is 1.75. The average Bonchev–Trinajstić information content (AvgIpc) is 3.16. The van der Waals surface area contributed by atoms with Crippen molar-refractivity contribution in [1.82, 2.24) is 16.0 Å². The summed E-state index contributed by atoms with van der Waals surface area (Å²) >= 11 is 1.66. The lowest BCUT2D eigenvalue weighted by molar-refractivity contribution is 0.0954. The number of benzene rings is 1. The Morgan fingerprint density at radius 1 is 1.12 bits per heavy atom. The summed E-state index contributed by atoms with van der Waals surface area (Å²) in [6.07, 6.45) is 0. The second-order valence-electron chi connectivity index (χ2n) is 5.24. The maximum absolute atomic E-state index is 12.1. The van der Waals surface area contributed by atoms with Gasteiger partial charge >= 0.3 is 0 Å². The lowest BCUT2D eigenvalue weighted by Gasteiger charge is -2.12. The van der Waals surface area contributed by atoms with Gasteiger partial charge in [-0.15, -0.1) is 0 Å². The van der Waals surface area contributed by atoms with E-state index in [1.165, 1.54) is 5.56 Å². The molecule has 0 unspecified atom stereocenters. The van der Waals surface area contributed by atoms with Gasteiger partial charge in [0.05, 0.1) is 13.7 Å². The zero-order chi connectivity index (χ0) is 17.9. The van der Waals surface area contributed by atoms with Crippen molar-refractivity contribution in [3.05, 3.63) is 52.2 Å². The molecule has 25 heavy (non-hydrogen) atoms. The van der Waals surface area contributed by atoms with Crippen LogP contribution in [0, 0.1) is 0 Å². The quantitative estimate of drug-likeness (QED) is 0.383. The third-order valence-electron chi connectivity index (χ3n) is 3.40. The van der Waals surface area contributed by atoms with Gasteiger partial charge in [0.2, 0.25) is 0 Å². The van der Waals surface area contributed by atoms with Crippen LogP contribution in [0.5, 0.6) is 5.75 Å². The first-order chi connectivity index (χ1) is 12.2. The summed E-state index contributed by atoms with van der Waals surface area (Å²) in [7, 11) is 1.60. The standard InChI is InChI=1S/C18H24N4O2S/c1-3-19-18(22-12-14-8-11-25-13-14)21-10-9-20-17(23)15-4-6-16(24-2)7-5-15/h4-8,11,13H,3,9-10,12H2,1-2H3,(H,20,23)(H2,19,21,22). The minimum Gasteiger partial charge on any atom is -0.497 e. The molecule has 134 valence electrons. The molecule has 6 nitrogen and oxygen atoms in total. The number of ether oxygens (including phenoxy) is 1. The van der Waals surface area contributed by atoms with Gasteiger partial charge in [-0.1, -0.05) is 0 Å². The first-order valence-corrected chi connectivity index (χ1v) is 9.12. The molecule has 1 heterocycles. The van der Waals surface area contributed by atoms with Gasteiger partial charge in [-0.2, -0.15) is 11.3 Å². The normalized spacial score (nSPS) is 11.0. The van der Waals surface area contributed by atoms with E-state index < -0.39 is 0 Å². The van der Waals surface area contributed by atoms with E-state index in [9.17, 15) is 4.79 Å². The summed E-state index contributed by atoms with van der Waals surface area (Å²) in [5.41, 5.74) is 1.80. The van der Waals surface area contributed by atoms with Crippen LogP contribution >= 0.6 is 11.3 Å². The molecule has 0 atom stereocenters. The Morgan fingerprint density at radius 3 is 2.52 bits per heavy atom. The number of aliphatic imine (C=N–C) groups is 1. The first kappa shape index (κ1) is 18.8. The molecule has 0 aliphatic rings. The van der Waals surface area contributed by atoms with Gasteiger partial charge in [-0.05, 0) is 53.6 Å². The molecule has 0 spiro atoms. The molecule has 0 bridgehead atoms. The van der Waals surface area contributed by atoms with Crippen molar-refractivity contribution >= 4 is 23.2 Å². The van der Waals surface area contributed by atoms with Crippen LogP contribution in [0.4, 0.5) is 0 Å². The summed E-state index contributed by atoms with van der Waals surface area (Å²) in [5.74, 6) is 1.37. The lowest BCUT2D eigenvalue weighted by atomic mass is 10.2. The Bertz CT molecular complexity index is 669. The number of thiophene rings is 1. The minimum absolute atomic E-state index is 0.107. The number of methoxy groups -OCH3 is 1. The lowest BCUT2D eigenvalue weighted by Crippen LogP contribution is -2.41. The van der Waals surface area contributed by atoms with Crippen molar-refractivity contribution in [3.63, 3.8) is 0 Å². The molecule has 2 rings (SSSR count). The molecule has 1 aromatic carbocycles. The van der Waals surface area contributed by atoms with E-state index in [2.05, 4.69) is 32.4 Å².